The first-order valence-electron chi connectivity index (χ1n) is 6.77. The van der Waals surface area contributed by atoms with E-state index in [1.165, 1.54) is 6.42 Å². The summed E-state index contributed by atoms with van der Waals surface area (Å²) in [6.45, 7) is 0. The molecule has 1 aliphatic rings. The van der Waals surface area contributed by atoms with E-state index in [1.54, 1.807) is 24.4 Å². The average Bonchev–Trinajstić information content (AvgIpc) is 2.49. The van der Waals surface area contributed by atoms with Gasteiger partial charge in [0.1, 0.15) is 6.10 Å². The molecule has 20 heavy (non-hydrogen) atoms. The smallest absolute Gasteiger partial charge is 0.325 e. The van der Waals surface area contributed by atoms with E-state index in [4.69, 9.17) is 4.74 Å². The third-order valence-corrected chi connectivity index (χ3v) is 3.65. The number of esters is 1. The first-order valence-corrected chi connectivity index (χ1v) is 7.22. The molecule has 2 rings (SSSR count). The maximum atomic E-state index is 12.3. The fourth-order valence-corrected chi connectivity index (χ4v) is 2.52. The van der Waals surface area contributed by atoms with E-state index in [2.05, 4.69) is 22.5 Å². The van der Waals surface area contributed by atoms with Crippen LogP contribution >= 0.6 is 12.8 Å². The van der Waals surface area contributed by atoms with Crippen molar-refractivity contribution in [3.05, 3.63) is 30.1 Å². The van der Waals surface area contributed by atoms with Gasteiger partial charge >= 0.3 is 5.97 Å². The first kappa shape index (κ1) is 14.8. The van der Waals surface area contributed by atoms with Crippen molar-refractivity contribution in [3.63, 3.8) is 0 Å². The second kappa shape index (κ2) is 7.28. The van der Waals surface area contributed by atoms with Gasteiger partial charge in [0.15, 0.2) is 5.92 Å². The number of carbonyl (C=O) groups is 2. The lowest BCUT2D eigenvalue weighted by Crippen LogP contribution is -2.33. The van der Waals surface area contributed by atoms with Gasteiger partial charge in [0.05, 0.1) is 5.69 Å². The Morgan fingerprint density at radius 1 is 1.30 bits per heavy atom. The number of rotatable bonds is 4. The number of hydrogen-bond donors (Lipinski definition) is 2. The van der Waals surface area contributed by atoms with Gasteiger partial charge in [-0.25, -0.2) is 0 Å². The summed E-state index contributed by atoms with van der Waals surface area (Å²) in [6.07, 6.45) is 6.48. The van der Waals surface area contributed by atoms with E-state index in [0.29, 0.717) is 5.69 Å². The van der Waals surface area contributed by atoms with Crippen LogP contribution in [0, 0.1) is 0 Å². The quantitative estimate of drug-likeness (QED) is 0.506. The Morgan fingerprint density at radius 2 is 2.05 bits per heavy atom. The van der Waals surface area contributed by atoms with Crippen LogP contribution in [-0.2, 0) is 14.3 Å². The molecule has 5 nitrogen and oxygen atoms in total. The van der Waals surface area contributed by atoms with Crippen molar-refractivity contribution in [2.75, 3.05) is 0 Å². The Bertz CT molecular complexity index is 461. The number of nitrogens with one attached hydrogen (secondary N) is 1. The molecule has 108 valence electrons. The van der Waals surface area contributed by atoms with Crippen molar-refractivity contribution in [2.45, 2.75) is 44.1 Å². The highest BCUT2D eigenvalue weighted by atomic mass is 32.1. The standard InChI is InChI=1S/C14H18N2O3S/c17-13(16-20)12(11-8-4-5-9-15-11)14(18)19-10-6-2-1-3-7-10/h4-5,8-10,12,20H,1-3,6-7H2,(H,16,17). The number of pyridine rings is 1. The molecule has 6 heteroatoms. The number of thiol groups is 1. The molecule has 1 heterocycles. The molecule has 0 bridgehead atoms. The molecule has 1 aromatic rings. The van der Waals surface area contributed by atoms with Gasteiger partial charge in [-0.3, -0.25) is 14.6 Å². The number of aromatic nitrogens is 1. The molecule has 1 unspecified atom stereocenters. The van der Waals surface area contributed by atoms with Crippen LogP contribution in [0.3, 0.4) is 0 Å². The molecule has 1 amide bonds. The molecule has 1 saturated carbocycles. The zero-order chi connectivity index (χ0) is 14.4. The van der Waals surface area contributed by atoms with Crippen LogP contribution in [0.25, 0.3) is 0 Å². The highest BCUT2D eigenvalue weighted by Crippen LogP contribution is 2.23. The molecular weight excluding hydrogens is 276 g/mol. The van der Waals surface area contributed by atoms with E-state index in [9.17, 15) is 9.59 Å². The third kappa shape index (κ3) is 3.72. The molecular formula is C14H18N2O3S. The Labute approximate surface area is 123 Å². The highest BCUT2D eigenvalue weighted by molar-refractivity contribution is 7.78. The molecule has 0 spiro atoms. The summed E-state index contributed by atoms with van der Waals surface area (Å²) in [6, 6.07) is 5.09. The third-order valence-electron chi connectivity index (χ3n) is 3.43. The molecule has 0 radical (unpaired) electrons. The summed E-state index contributed by atoms with van der Waals surface area (Å²) < 4.78 is 7.65. The van der Waals surface area contributed by atoms with Crippen molar-refractivity contribution < 1.29 is 14.3 Å². The molecule has 1 aromatic heterocycles. The number of hydrogen-bond acceptors (Lipinski definition) is 5. The first-order chi connectivity index (χ1) is 9.72. The largest absolute Gasteiger partial charge is 0.461 e. The molecule has 0 saturated heterocycles. The Balaban J connectivity index is 2.10. The topological polar surface area (TPSA) is 68.3 Å². The van der Waals surface area contributed by atoms with Crippen LogP contribution in [0.2, 0.25) is 0 Å². The molecule has 1 aliphatic carbocycles. The Hall–Kier alpha value is -1.56. The number of ether oxygens (including phenoxy) is 1. The maximum Gasteiger partial charge on any atom is 0.325 e. The Morgan fingerprint density at radius 3 is 2.65 bits per heavy atom. The van der Waals surface area contributed by atoms with Crippen LogP contribution in [0.4, 0.5) is 0 Å². The van der Waals surface area contributed by atoms with Crippen molar-refractivity contribution in [1.29, 1.82) is 0 Å². The van der Waals surface area contributed by atoms with Gasteiger partial charge in [-0.2, -0.15) is 0 Å². The lowest BCUT2D eigenvalue weighted by atomic mass is 9.97. The van der Waals surface area contributed by atoms with Crippen LogP contribution < -0.4 is 4.72 Å². The molecule has 1 fully saturated rings. The van der Waals surface area contributed by atoms with E-state index < -0.39 is 17.8 Å². The van der Waals surface area contributed by atoms with Crippen LogP contribution in [0.15, 0.2) is 24.4 Å². The zero-order valence-electron chi connectivity index (χ0n) is 11.1. The summed E-state index contributed by atoms with van der Waals surface area (Å²) >= 11 is 3.73. The van der Waals surface area contributed by atoms with Crippen molar-refractivity contribution in [3.8, 4) is 0 Å². The van der Waals surface area contributed by atoms with Crippen molar-refractivity contribution in [2.24, 2.45) is 0 Å². The van der Waals surface area contributed by atoms with Gasteiger partial charge in [-0.05, 0) is 37.8 Å². The summed E-state index contributed by atoms with van der Waals surface area (Å²) in [5, 5.41) is 0. The number of carbonyl (C=O) groups excluding carboxylic acids is 2. The zero-order valence-corrected chi connectivity index (χ0v) is 12.0. The SMILES string of the molecule is O=C(NS)C(C(=O)OC1CCCCC1)c1ccccn1. The Kier molecular flexibility index (Phi) is 5.40. The number of nitrogens with zero attached hydrogens (tertiary/aromatic N) is 1. The van der Waals surface area contributed by atoms with Gasteiger partial charge in [-0.1, -0.05) is 25.3 Å². The van der Waals surface area contributed by atoms with Gasteiger partial charge in [0.2, 0.25) is 5.91 Å². The minimum Gasteiger partial charge on any atom is -0.461 e. The highest BCUT2D eigenvalue weighted by Gasteiger charge is 2.32. The summed E-state index contributed by atoms with van der Waals surface area (Å²) in [7, 11) is 0. The lowest BCUT2D eigenvalue weighted by molar-refractivity contribution is -0.154. The predicted octanol–water partition coefficient (Wildman–Crippen LogP) is 2.00. The summed E-state index contributed by atoms with van der Waals surface area (Å²) in [5.74, 6) is -2.13. The van der Waals surface area contributed by atoms with Crippen LogP contribution in [-0.4, -0.2) is 23.0 Å². The van der Waals surface area contributed by atoms with Crippen LogP contribution in [0.5, 0.6) is 0 Å². The molecule has 0 aromatic carbocycles. The number of amides is 1. The molecule has 1 atom stereocenters. The summed E-state index contributed by atoms with van der Waals surface area (Å²) in [5.41, 5.74) is 0.375. The fraction of sp³-hybridized carbons (Fsp3) is 0.500. The van der Waals surface area contributed by atoms with Gasteiger partial charge < -0.3 is 9.46 Å². The maximum absolute atomic E-state index is 12.3. The summed E-state index contributed by atoms with van der Waals surface area (Å²) in [4.78, 5) is 28.2. The monoisotopic (exact) mass is 294 g/mol. The normalized spacial score (nSPS) is 17.2. The predicted molar refractivity (Wildman–Crippen MR) is 77.1 cm³/mol. The fourth-order valence-electron chi connectivity index (χ4n) is 2.39. The van der Waals surface area contributed by atoms with Gasteiger partial charge in [0, 0.05) is 6.20 Å². The van der Waals surface area contributed by atoms with Gasteiger partial charge in [-0.15, -0.1) is 0 Å². The second-order valence-electron chi connectivity index (χ2n) is 4.86. The van der Waals surface area contributed by atoms with Crippen molar-refractivity contribution >= 4 is 24.7 Å². The van der Waals surface area contributed by atoms with Gasteiger partial charge in [0.25, 0.3) is 0 Å². The van der Waals surface area contributed by atoms with E-state index in [0.717, 1.165) is 25.7 Å². The van der Waals surface area contributed by atoms with E-state index >= 15 is 0 Å². The van der Waals surface area contributed by atoms with E-state index in [-0.39, 0.29) is 6.10 Å². The minimum atomic E-state index is -1.06. The van der Waals surface area contributed by atoms with E-state index in [1.807, 2.05) is 0 Å². The minimum absolute atomic E-state index is 0.0878. The molecule has 0 aliphatic heterocycles. The second-order valence-corrected chi connectivity index (χ2v) is 5.08. The van der Waals surface area contributed by atoms with Crippen molar-refractivity contribution in [1.82, 2.24) is 9.71 Å². The van der Waals surface area contributed by atoms with Crippen LogP contribution in [0.1, 0.15) is 43.7 Å². The average molecular weight is 294 g/mol. The lowest BCUT2D eigenvalue weighted by Gasteiger charge is -2.23. The molecule has 1 N–H and O–H groups in total.